The quantitative estimate of drug-likeness (QED) is 0.764. The van der Waals surface area contributed by atoms with Crippen molar-refractivity contribution < 1.29 is 4.74 Å². The Hall–Kier alpha value is -0.860. The van der Waals surface area contributed by atoms with Crippen LogP contribution in [-0.2, 0) is 4.74 Å². The summed E-state index contributed by atoms with van der Waals surface area (Å²) in [5.41, 5.74) is 8.74. The van der Waals surface area contributed by atoms with Crippen molar-refractivity contribution in [3.05, 3.63) is 35.4 Å². The molecule has 1 aromatic rings. The molecule has 2 N–H and O–H groups in total. The molecule has 1 atom stereocenters. The average Bonchev–Trinajstić information content (AvgIpc) is 2.28. The molecule has 17 heavy (non-hydrogen) atoms. The monoisotopic (exact) mass is 233 g/mol. The van der Waals surface area contributed by atoms with Crippen molar-refractivity contribution in [2.24, 2.45) is 5.73 Å². The van der Waals surface area contributed by atoms with Crippen molar-refractivity contribution in [3.8, 4) is 0 Å². The zero-order valence-electron chi connectivity index (χ0n) is 10.7. The highest BCUT2D eigenvalue weighted by Gasteiger charge is 2.19. The van der Waals surface area contributed by atoms with Gasteiger partial charge in [-0.15, -0.1) is 0 Å². The van der Waals surface area contributed by atoms with E-state index in [2.05, 4.69) is 31.2 Å². The number of hydrogen-bond acceptors (Lipinski definition) is 2. The van der Waals surface area contributed by atoms with E-state index in [0.717, 1.165) is 18.9 Å². The third-order valence-corrected chi connectivity index (χ3v) is 3.59. The number of hydrogen-bond donors (Lipinski definition) is 1. The molecule has 0 spiro atoms. The molecule has 0 bridgehead atoms. The van der Waals surface area contributed by atoms with Gasteiger partial charge in [-0.05, 0) is 36.3 Å². The first kappa shape index (κ1) is 12.6. The van der Waals surface area contributed by atoms with Gasteiger partial charge in [0.05, 0.1) is 12.6 Å². The van der Waals surface area contributed by atoms with Crippen LogP contribution >= 0.6 is 0 Å². The Bertz CT molecular complexity index is 329. The molecule has 1 fully saturated rings. The van der Waals surface area contributed by atoms with Gasteiger partial charge in [-0.25, -0.2) is 0 Å². The number of ether oxygens (including phenoxy) is 1. The van der Waals surface area contributed by atoms with Gasteiger partial charge in [0, 0.05) is 6.61 Å². The fourth-order valence-corrected chi connectivity index (χ4v) is 2.21. The SMILES string of the molecule is CCCOCC(N)c1ccc(C2CCC2)cc1. The first-order chi connectivity index (χ1) is 8.31. The molecule has 0 radical (unpaired) electrons. The molecule has 0 aromatic heterocycles. The predicted octanol–water partition coefficient (Wildman–Crippen LogP) is 3.38. The Morgan fingerprint density at radius 1 is 1.29 bits per heavy atom. The molecular weight excluding hydrogens is 210 g/mol. The highest BCUT2D eigenvalue weighted by atomic mass is 16.5. The van der Waals surface area contributed by atoms with Crippen molar-refractivity contribution in [3.63, 3.8) is 0 Å². The van der Waals surface area contributed by atoms with E-state index in [1.807, 2.05) is 0 Å². The topological polar surface area (TPSA) is 35.2 Å². The van der Waals surface area contributed by atoms with Crippen LogP contribution in [0.15, 0.2) is 24.3 Å². The van der Waals surface area contributed by atoms with E-state index in [1.54, 1.807) is 0 Å². The lowest BCUT2D eigenvalue weighted by molar-refractivity contribution is 0.121. The van der Waals surface area contributed by atoms with Crippen LogP contribution in [0.1, 0.15) is 55.7 Å². The van der Waals surface area contributed by atoms with Gasteiger partial charge in [-0.2, -0.15) is 0 Å². The molecule has 94 valence electrons. The van der Waals surface area contributed by atoms with Gasteiger partial charge < -0.3 is 10.5 Å². The van der Waals surface area contributed by atoms with Crippen LogP contribution in [0.4, 0.5) is 0 Å². The summed E-state index contributed by atoms with van der Waals surface area (Å²) in [5.74, 6) is 0.802. The second kappa shape index (κ2) is 6.18. The van der Waals surface area contributed by atoms with Crippen LogP contribution < -0.4 is 5.73 Å². The maximum absolute atomic E-state index is 6.08. The van der Waals surface area contributed by atoms with Crippen LogP contribution in [0.3, 0.4) is 0 Å². The third kappa shape index (κ3) is 3.30. The fraction of sp³-hybridized carbons (Fsp3) is 0.600. The first-order valence-electron chi connectivity index (χ1n) is 6.74. The zero-order chi connectivity index (χ0) is 12.1. The van der Waals surface area contributed by atoms with Gasteiger partial charge in [0.1, 0.15) is 0 Å². The third-order valence-electron chi connectivity index (χ3n) is 3.59. The van der Waals surface area contributed by atoms with E-state index in [9.17, 15) is 0 Å². The van der Waals surface area contributed by atoms with E-state index in [-0.39, 0.29) is 6.04 Å². The summed E-state index contributed by atoms with van der Waals surface area (Å²) < 4.78 is 5.48. The van der Waals surface area contributed by atoms with Crippen LogP contribution in [0.25, 0.3) is 0 Å². The molecule has 2 nitrogen and oxygen atoms in total. The van der Waals surface area contributed by atoms with Gasteiger partial charge in [0.25, 0.3) is 0 Å². The molecule has 0 saturated heterocycles. The van der Waals surface area contributed by atoms with Gasteiger partial charge in [-0.1, -0.05) is 37.6 Å². The van der Waals surface area contributed by atoms with Crippen LogP contribution in [-0.4, -0.2) is 13.2 Å². The van der Waals surface area contributed by atoms with Gasteiger partial charge >= 0.3 is 0 Å². The smallest absolute Gasteiger partial charge is 0.0659 e. The summed E-state index contributed by atoms with van der Waals surface area (Å²) in [6.07, 6.45) is 5.14. The standard InChI is InChI=1S/C15H23NO/c1-2-10-17-11-15(16)14-8-6-13(7-9-14)12-4-3-5-12/h6-9,12,15H,2-5,10-11,16H2,1H3. The van der Waals surface area contributed by atoms with Gasteiger partial charge in [0.2, 0.25) is 0 Å². The van der Waals surface area contributed by atoms with E-state index >= 15 is 0 Å². The van der Waals surface area contributed by atoms with E-state index in [1.165, 1.54) is 30.4 Å². The highest BCUT2D eigenvalue weighted by Crippen LogP contribution is 2.36. The van der Waals surface area contributed by atoms with E-state index < -0.39 is 0 Å². The summed E-state index contributed by atoms with van der Waals surface area (Å²) in [6, 6.07) is 8.80. The lowest BCUT2D eigenvalue weighted by Crippen LogP contribution is -2.17. The molecule has 1 saturated carbocycles. The molecule has 1 unspecified atom stereocenters. The largest absolute Gasteiger partial charge is 0.379 e. The maximum Gasteiger partial charge on any atom is 0.0659 e. The molecule has 0 heterocycles. The van der Waals surface area contributed by atoms with Gasteiger partial charge in [-0.3, -0.25) is 0 Å². The molecule has 1 aliphatic rings. The molecule has 1 aliphatic carbocycles. The Labute approximate surface area is 104 Å². The molecule has 1 aromatic carbocycles. The summed E-state index contributed by atoms with van der Waals surface area (Å²) in [4.78, 5) is 0. The van der Waals surface area contributed by atoms with Crippen LogP contribution in [0, 0.1) is 0 Å². The minimum absolute atomic E-state index is 0.0111. The van der Waals surface area contributed by atoms with Crippen LogP contribution in [0.2, 0.25) is 0 Å². The van der Waals surface area contributed by atoms with Gasteiger partial charge in [0.15, 0.2) is 0 Å². The maximum atomic E-state index is 6.08. The number of nitrogens with two attached hydrogens (primary N) is 1. The predicted molar refractivity (Wildman–Crippen MR) is 71.1 cm³/mol. The molecule has 2 rings (SSSR count). The minimum atomic E-state index is 0.0111. The molecule has 0 amide bonds. The van der Waals surface area contributed by atoms with Crippen molar-refractivity contribution in [1.29, 1.82) is 0 Å². The lowest BCUT2D eigenvalue weighted by Gasteiger charge is -2.26. The Kier molecular flexibility index (Phi) is 4.57. The normalized spacial score (nSPS) is 17.8. The summed E-state index contributed by atoms with van der Waals surface area (Å²) in [7, 11) is 0. The second-order valence-corrected chi connectivity index (χ2v) is 4.98. The highest BCUT2D eigenvalue weighted by molar-refractivity contribution is 5.28. The van der Waals surface area contributed by atoms with Crippen molar-refractivity contribution in [1.82, 2.24) is 0 Å². The van der Waals surface area contributed by atoms with Crippen molar-refractivity contribution >= 4 is 0 Å². The fourth-order valence-electron chi connectivity index (χ4n) is 2.21. The molecule has 0 aliphatic heterocycles. The Morgan fingerprint density at radius 3 is 2.53 bits per heavy atom. The summed E-state index contributed by atoms with van der Waals surface area (Å²) >= 11 is 0. The molecular formula is C15H23NO. The average molecular weight is 233 g/mol. The number of rotatable bonds is 6. The first-order valence-corrected chi connectivity index (χ1v) is 6.74. The van der Waals surface area contributed by atoms with Crippen LogP contribution in [0.5, 0.6) is 0 Å². The Balaban J connectivity index is 1.87. The lowest BCUT2D eigenvalue weighted by atomic mass is 9.80. The summed E-state index contributed by atoms with van der Waals surface area (Å²) in [6.45, 7) is 3.53. The van der Waals surface area contributed by atoms with E-state index in [0.29, 0.717) is 6.61 Å². The summed E-state index contributed by atoms with van der Waals surface area (Å²) in [5, 5.41) is 0. The molecule has 2 heteroatoms. The Morgan fingerprint density at radius 2 is 2.00 bits per heavy atom. The van der Waals surface area contributed by atoms with Crippen molar-refractivity contribution in [2.75, 3.05) is 13.2 Å². The minimum Gasteiger partial charge on any atom is -0.379 e. The number of benzene rings is 1. The second-order valence-electron chi connectivity index (χ2n) is 4.98. The van der Waals surface area contributed by atoms with E-state index in [4.69, 9.17) is 10.5 Å². The zero-order valence-corrected chi connectivity index (χ0v) is 10.7. The van der Waals surface area contributed by atoms with Crippen molar-refractivity contribution in [2.45, 2.75) is 44.6 Å².